The summed E-state index contributed by atoms with van der Waals surface area (Å²) in [4.78, 5) is 11.4. The number of nitrogens with one attached hydrogen (secondary N) is 1. The van der Waals surface area contributed by atoms with Crippen LogP contribution in [-0.4, -0.2) is 34.2 Å². The van der Waals surface area contributed by atoms with E-state index < -0.39 is 23.5 Å². The molecule has 0 amide bonds. The fraction of sp³-hybridized carbons (Fsp3) is 0.520. The summed E-state index contributed by atoms with van der Waals surface area (Å²) < 4.78 is 81.7. The van der Waals surface area contributed by atoms with Crippen molar-refractivity contribution in [1.29, 1.82) is 0 Å². The number of aryl methyl sites for hydroxylation is 1. The van der Waals surface area contributed by atoms with Crippen molar-refractivity contribution in [2.24, 2.45) is 17.6 Å². The molecule has 0 aliphatic carbocycles. The second-order valence-corrected chi connectivity index (χ2v) is 9.85. The van der Waals surface area contributed by atoms with Crippen molar-refractivity contribution in [2.75, 3.05) is 29.9 Å². The van der Waals surface area contributed by atoms with Crippen LogP contribution in [-0.2, 0) is 18.9 Å². The minimum absolute atomic E-state index is 0.0832. The van der Waals surface area contributed by atoms with E-state index in [0.717, 1.165) is 13.1 Å². The molecule has 2 heterocycles. The lowest BCUT2D eigenvalue weighted by molar-refractivity contribution is -0.143. The smallest absolute Gasteiger partial charge is 0.356 e. The van der Waals surface area contributed by atoms with Gasteiger partial charge < -0.3 is 16.0 Å². The van der Waals surface area contributed by atoms with Crippen LogP contribution in [0.2, 0.25) is 0 Å². The van der Waals surface area contributed by atoms with Gasteiger partial charge in [0.05, 0.1) is 11.1 Å². The average Bonchev–Trinajstić information content (AvgIpc) is 3.11. The molecular formula is C25H32F6N6. The maximum absolute atomic E-state index is 13.3. The summed E-state index contributed by atoms with van der Waals surface area (Å²) in [7, 11) is 0. The molecule has 12 heteroatoms. The van der Waals surface area contributed by atoms with Gasteiger partial charge in [-0.3, -0.25) is 4.57 Å². The lowest BCUT2D eigenvalue weighted by atomic mass is 10.1. The SMILES string of the molecule is CC(C)CN(CC(C)C)c1ccc2nc(Nc3cc(C(F)(F)F)cc(C(F)(F)F)c3)n(CCCN)c2n1. The van der Waals surface area contributed by atoms with Gasteiger partial charge in [0.25, 0.3) is 0 Å². The lowest BCUT2D eigenvalue weighted by Gasteiger charge is -2.27. The first-order chi connectivity index (χ1) is 17.2. The predicted octanol–water partition coefficient (Wildman–Crippen LogP) is 6.68. The maximum atomic E-state index is 13.3. The molecule has 0 aliphatic rings. The quantitative estimate of drug-likeness (QED) is 0.286. The highest BCUT2D eigenvalue weighted by Crippen LogP contribution is 2.38. The van der Waals surface area contributed by atoms with Crippen molar-refractivity contribution in [1.82, 2.24) is 14.5 Å². The highest BCUT2D eigenvalue weighted by molar-refractivity contribution is 5.78. The van der Waals surface area contributed by atoms with Crippen LogP contribution < -0.4 is 16.0 Å². The van der Waals surface area contributed by atoms with Gasteiger partial charge in [0.1, 0.15) is 11.3 Å². The molecule has 0 spiro atoms. The number of nitrogens with zero attached hydrogens (tertiary/aromatic N) is 4. The molecular weight excluding hydrogens is 498 g/mol. The number of pyridine rings is 1. The Kier molecular flexibility index (Phi) is 8.61. The maximum Gasteiger partial charge on any atom is 0.416 e. The van der Waals surface area contributed by atoms with Gasteiger partial charge in [-0.05, 0) is 55.1 Å². The van der Waals surface area contributed by atoms with Gasteiger partial charge in [-0.2, -0.15) is 26.3 Å². The number of fused-ring (bicyclic) bond motifs is 1. The van der Waals surface area contributed by atoms with E-state index in [4.69, 9.17) is 10.7 Å². The number of halogens is 6. The van der Waals surface area contributed by atoms with Crippen LogP contribution >= 0.6 is 0 Å². The number of hydrogen-bond acceptors (Lipinski definition) is 5. The molecule has 0 atom stereocenters. The van der Waals surface area contributed by atoms with Crippen molar-refractivity contribution < 1.29 is 26.3 Å². The number of benzene rings is 1. The van der Waals surface area contributed by atoms with Crippen LogP contribution in [0.3, 0.4) is 0 Å². The topological polar surface area (TPSA) is 72.0 Å². The second-order valence-electron chi connectivity index (χ2n) is 9.85. The van der Waals surface area contributed by atoms with Crippen LogP contribution in [0.15, 0.2) is 30.3 Å². The third-order valence-electron chi connectivity index (χ3n) is 5.50. The first kappa shape index (κ1) is 28.5. The Hall–Kier alpha value is -3.02. The molecule has 2 aromatic heterocycles. The molecule has 37 heavy (non-hydrogen) atoms. The Balaban J connectivity index is 2.10. The summed E-state index contributed by atoms with van der Waals surface area (Å²) >= 11 is 0. The van der Waals surface area contributed by atoms with Gasteiger partial charge in [-0.15, -0.1) is 0 Å². The van der Waals surface area contributed by atoms with Crippen molar-refractivity contribution in [3.05, 3.63) is 41.5 Å². The van der Waals surface area contributed by atoms with Crippen molar-refractivity contribution in [3.8, 4) is 0 Å². The Morgan fingerprint density at radius 1 is 0.892 bits per heavy atom. The molecule has 0 aliphatic heterocycles. The van der Waals surface area contributed by atoms with E-state index >= 15 is 0 Å². The van der Waals surface area contributed by atoms with Crippen LogP contribution in [0.4, 0.5) is 43.8 Å². The fourth-order valence-corrected chi connectivity index (χ4v) is 4.02. The summed E-state index contributed by atoms with van der Waals surface area (Å²) in [6, 6.07) is 4.93. The van der Waals surface area contributed by atoms with Crippen molar-refractivity contribution in [3.63, 3.8) is 0 Å². The number of anilines is 3. The van der Waals surface area contributed by atoms with Gasteiger partial charge >= 0.3 is 12.4 Å². The average molecular weight is 531 g/mol. The molecule has 0 radical (unpaired) electrons. The van der Waals surface area contributed by atoms with Gasteiger partial charge in [-0.1, -0.05) is 27.7 Å². The zero-order valence-electron chi connectivity index (χ0n) is 21.2. The minimum Gasteiger partial charge on any atom is -0.356 e. The van der Waals surface area contributed by atoms with E-state index in [1.807, 2.05) is 6.07 Å². The summed E-state index contributed by atoms with van der Waals surface area (Å²) in [6.45, 7) is 10.6. The zero-order valence-corrected chi connectivity index (χ0v) is 21.2. The zero-order chi connectivity index (χ0) is 27.5. The Morgan fingerprint density at radius 2 is 1.46 bits per heavy atom. The van der Waals surface area contributed by atoms with Crippen LogP contribution in [0.1, 0.15) is 45.2 Å². The number of alkyl halides is 6. The number of rotatable bonds is 10. The van der Waals surface area contributed by atoms with Gasteiger partial charge in [-0.25, -0.2) is 9.97 Å². The minimum atomic E-state index is -4.95. The Morgan fingerprint density at radius 3 is 1.95 bits per heavy atom. The largest absolute Gasteiger partial charge is 0.416 e. The summed E-state index contributed by atoms with van der Waals surface area (Å²) in [5.41, 5.74) is 3.41. The molecule has 3 N–H and O–H groups in total. The van der Waals surface area contributed by atoms with Crippen molar-refractivity contribution in [2.45, 2.75) is 53.0 Å². The Bertz CT molecular complexity index is 1160. The monoisotopic (exact) mass is 530 g/mol. The molecule has 6 nitrogen and oxygen atoms in total. The molecule has 3 rings (SSSR count). The predicted molar refractivity (Wildman–Crippen MR) is 133 cm³/mol. The standard InChI is InChI=1S/C25H32F6N6/c1-15(2)13-36(14-16(3)4)21-7-6-20-22(35-21)37(9-5-8-32)23(34-20)33-19-11-17(24(26,27)28)10-18(12-19)25(29,30)31/h6-7,10-12,15-16H,5,8-9,13-14,32H2,1-4H3,(H,33,34). The van der Waals surface area contributed by atoms with E-state index in [0.29, 0.717) is 60.5 Å². The third-order valence-corrected chi connectivity index (χ3v) is 5.50. The van der Waals surface area contributed by atoms with Crippen LogP contribution in [0.25, 0.3) is 11.2 Å². The van der Waals surface area contributed by atoms with E-state index in [1.165, 1.54) is 0 Å². The molecule has 1 aromatic carbocycles. The van der Waals surface area contributed by atoms with E-state index in [1.54, 1.807) is 10.6 Å². The van der Waals surface area contributed by atoms with Crippen molar-refractivity contribution >= 4 is 28.6 Å². The van der Waals surface area contributed by atoms with Gasteiger partial charge in [0.2, 0.25) is 5.95 Å². The normalized spacial score (nSPS) is 12.7. The molecule has 0 saturated heterocycles. The third kappa shape index (κ3) is 7.27. The van der Waals surface area contributed by atoms with E-state index in [9.17, 15) is 26.3 Å². The van der Waals surface area contributed by atoms with E-state index in [2.05, 4.69) is 42.9 Å². The molecule has 0 saturated carbocycles. The molecule has 0 bridgehead atoms. The highest BCUT2D eigenvalue weighted by atomic mass is 19.4. The fourth-order valence-electron chi connectivity index (χ4n) is 4.02. The number of nitrogens with two attached hydrogens (primary N) is 1. The molecule has 3 aromatic rings. The van der Waals surface area contributed by atoms with Crippen LogP contribution in [0, 0.1) is 11.8 Å². The van der Waals surface area contributed by atoms with Gasteiger partial charge in [0.15, 0.2) is 5.65 Å². The first-order valence-electron chi connectivity index (χ1n) is 12.1. The number of hydrogen-bond donors (Lipinski definition) is 2. The summed E-state index contributed by atoms with van der Waals surface area (Å²) in [5, 5.41) is 2.67. The first-order valence-corrected chi connectivity index (χ1v) is 12.1. The molecule has 0 fully saturated rings. The van der Waals surface area contributed by atoms with Crippen LogP contribution in [0.5, 0.6) is 0 Å². The molecule has 204 valence electrons. The number of imidazole rings is 1. The highest BCUT2D eigenvalue weighted by Gasteiger charge is 2.37. The van der Waals surface area contributed by atoms with E-state index in [-0.39, 0.29) is 17.7 Å². The Labute approximate surface area is 211 Å². The number of aromatic nitrogens is 3. The molecule has 0 unspecified atom stereocenters. The lowest BCUT2D eigenvalue weighted by Crippen LogP contribution is -2.32. The van der Waals surface area contributed by atoms with Gasteiger partial charge in [0, 0.05) is 25.3 Å². The summed E-state index contributed by atoms with van der Waals surface area (Å²) in [6.07, 6.45) is -9.40. The second kappa shape index (κ2) is 11.2. The summed E-state index contributed by atoms with van der Waals surface area (Å²) in [5.74, 6) is 1.55.